The van der Waals surface area contributed by atoms with Crippen molar-refractivity contribution in [1.29, 1.82) is 0 Å². The molecule has 0 aliphatic carbocycles. The number of methoxy groups -OCH3 is 1. The Balaban J connectivity index is 2.33. The van der Waals surface area contributed by atoms with Gasteiger partial charge in [-0.05, 0) is 38.2 Å². The zero-order valence-corrected chi connectivity index (χ0v) is 13.3. The van der Waals surface area contributed by atoms with E-state index in [4.69, 9.17) is 4.74 Å². The van der Waals surface area contributed by atoms with Crippen molar-refractivity contribution in [2.75, 3.05) is 40.8 Å². The van der Waals surface area contributed by atoms with Crippen molar-refractivity contribution in [2.45, 2.75) is 12.0 Å². The Morgan fingerprint density at radius 2 is 2.23 bits per heavy atom. The van der Waals surface area contributed by atoms with Crippen LogP contribution in [-0.2, 0) is 5.60 Å². The first-order valence-electron chi connectivity index (χ1n) is 7.36. The molecule has 1 aliphatic heterocycles. The summed E-state index contributed by atoms with van der Waals surface area (Å²) in [5.41, 5.74) is -0.270. The number of rotatable bonds is 4. The van der Waals surface area contributed by atoms with Gasteiger partial charge in [-0.25, -0.2) is 4.79 Å². The molecule has 0 bridgehead atoms. The fourth-order valence-electron chi connectivity index (χ4n) is 3.11. The number of ether oxygens (including phenoxy) is 1. The van der Waals surface area contributed by atoms with E-state index in [1.807, 2.05) is 43.3 Å². The Bertz CT molecular complexity index is 535. The maximum Gasteiger partial charge on any atom is 0.407 e. The summed E-state index contributed by atoms with van der Waals surface area (Å²) in [6.45, 7) is 1.26. The van der Waals surface area contributed by atoms with E-state index in [-0.39, 0.29) is 5.92 Å². The third-order valence-corrected chi connectivity index (χ3v) is 4.30. The number of hydrogen-bond donors (Lipinski definition) is 2. The van der Waals surface area contributed by atoms with Gasteiger partial charge in [-0.3, -0.25) is 0 Å². The first kappa shape index (κ1) is 16.6. The van der Waals surface area contributed by atoms with Crippen LogP contribution in [-0.4, -0.2) is 66.9 Å². The van der Waals surface area contributed by atoms with E-state index in [1.165, 1.54) is 4.90 Å². The minimum Gasteiger partial charge on any atom is -0.497 e. The van der Waals surface area contributed by atoms with Gasteiger partial charge in [-0.15, -0.1) is 0 Å². The molecular formula is C16H24N2O4. The van der Waals surface area contributed by atoms with Crippen LogP contribution in [0.15, 0.2) is 24.3 Å². The van der Waals surface area contributed by atoms with Crippen LogP contribution < -0.4 is 4.74 Å². The van der Waals surface area contributed by atoms with Gasteiger partial charge in [0.05, 0.1) is 12.7 Å². The summed E-state index contributed by atoms with van der Waals surface area (Å²) in [5, 5.41) is 20.5. The molecule has 122 valence electrons. The number of aliphatic hydroxyl groups is 1. The number of amides is 1. The van der Waals surface area contributed by atoms with Crippen molar-refractivity contribution in [3.05, 3.63) is 29.8 Å². The number of nitrogens with zero attached hydrogens (tertiary/aromatic N) is 2. The molecule has 6 nitrogen and oxygen atoms in total. The fraction of sp³-hybridized carbons (Fsp3) is 0.562. The summed E-state index contributed by atoms with van der Waals surface area (Å²) in [6.07, 6.45) is -0.554. The van der Waals surface area contributed by atoms with Gasteiger partial charge in [-0.1, -0.05) is 12.1 Å². The fourth-order valence-corrected chi connectivity index (χ4v) is 3.11. The zero-order chi connectivity index (χ0) is 16.3. The van der Waals surface area contributed by atoms with Crippen LogP contribution in [0.1, 0.15) is 12.0 Å². The van der Waals surface area contributed by atoms with Gasteiger partial charge < -0.3 is 24.7 Å². The third-order valence-electron chi connectivity index (χ3n) is 4.30. The molecule has 0 radical (unpaired) electrons. The van der Waals surface area contributed by atoms with Crippen LogP contribution in [0.3, 0.4) is 0 Å². The van der Waals surface area contributed by atoms with Crippen molar-refractivity contribution in [2.24, 2.45) is 5.92 Å². The molecule has 1 heterocycles. The van der Waals surface area contributed by atoms with Gasteiger partial charge in [0.2, 0.25) is 0 Å². The van der Waals surface area contributed by atoms with Gasteiger partial charge in [-0.2, -0.15) is 0 Å². The summed E-state index contributed by atoms with van der Waals surface area (Å²) in [7, 11) is 5.44. The SMILES string of the molecule is COc1cccc([C@@]2(O)CCN(C(=O)O)C[C@@H]2CN(C)C)c1. The predicted octanol–water partition coefficient (Wildman–Crippen LogP) is 1.44. The Labute approximate surface area is 130 Å². The van der Waals surface area contributed by atoms with E-state index in [1.54, 1.807) is 7.11 Å². The Morgan fingerprint density at radius 1 is 1.50 bits per heavy atom. The molecule has 2 rings (SSSR count). The van der Waals surface area contributed by atoms with Crippen LogP contribution in [0.4, 0.5) is 4.79 Å². The molecule has 2 atom stereocenters. The maximum atomic E-state index is 11.3. The lowest BCUT2D eigenvalue weighted by molar-refractivity contribution is -0.0790. The normalized spacial score (nSPS) is 25.3. The second-order valence-electron chi connectivity index (χ2n) is 6.09. The average molecular weight is 308 g/mol. The van der Waals surface area contributed by atoms with Crippen LogP contribution in [0.25, 0.3) is 0 Å². The van der Waals surface area contributed by atoms with Crippen molar-refractivity contribution >= 4 is 6.09 Å². The third kappa shape index (κ3) is 3.34. The number of piperidine rings is 1. The van der Waals surface area contributed by atoms with Crippen molar-refractivity contribution in [3.63, 3.8) is 0 Å². The molecule has 6 heteroatoms. The molecule has 0 spiro atoms. The van der Waals surface area contributed by atoms with Crippen molar-refractivity contribution in [1.82, 2.24) is 9.80 Å². The summed E-state index contributed by atoms with van der Waals surface area (Å²) < 4.78 is 5.24. The molecule has 1 aliphatic rings. The van der Waals surface area contributed by atoms with Gasteiger partial charge in [0.15, 0.2) is 0 Å². The Kier molecular flexibility index (Phi) is 4.93. The first-order chi connectivity index (χ1) is 10.4. The number of likely N-dealkylation sites (tertiary alicyclic amines) is 1. The molecule has 1 fully saturated rings. The molecule has 1 amide bonds. The van der Waals surface area contributed by atoms with E-state index in [2.05, 4.69) is 0 Å². The molecule has 22 heavy (non-hydrogen) atoms. The predicted molar refractivity (Wildman–Crippen MR) is 83.1 cm³/mol. The van der Waals surface area contributed by atoms with E-state index in [0.717, 1.165) is 5.56 Å². The molecule has 2 N–H and O–H groups in total. The monoisotopic (exact) mass is 308 g/mol. The lowest BCUT2D eigenvalue weighted by Crippen LogP contribution is -2.54. The molecule has 0 unspecified atom stereocenters. The van der Waals surface area contributed by atoms with Crippen LogP contribution in [0.2, 0.25) is 0 Å². The Morgan fingerprint density at radius 3 is 2.82 bits per heavy atom. The van der Waals surface area contributed by atoms with E-state index in [0.29, 0.717) is 31.8 Å². The summed E-state index contributed by atoms with van der Waals surface area (Å²) in [4.78, 5) is 14.6. The van der Waals surface area contributed by atoms with E-state index in [9.17, 15) is 15.0 Å². The largest absolute Gasteiger partial charge is 0.497 e. The highest BCUT2D eigenvalue weighted by Crippen LogP contribution is 2.39. The average Bonchev–Trinajstić information content (AvgIpc) is 2.49. The zero-order valence-electron chi connectivity index (χ0n) is 13.3. The molecule has 0 aromatic heterocycles. The highest BCUT2D eigenvalue weighted by Gasteiger charge is 2.44. The quantitative estimate of drug-likeness (QED) is 0.880. The van der Waals surface area contributed by atoms with Crippen molar-refractivity contribution in [3.8, 4) is 5.75 Å². The topological polar surface area (TPSA) is 73.2 Å². The Hall–Kier alpha value is -1.79. The molecule has 1 saturated heterocycles. The van der Waals surface area contributed by atoms with Gasteiger partial charge in [0.1, 0.15) is 5.75 Å². The lowest BCUT2D eigenvalue weighted by Gasteiger charge is -2.45. The van der Waals surface area contributed by atoms with Crippen molar-refractivity contribution < 1.29 is 19.7 Å². The molecular weight excluding hydrogens is 284 g/mol. The number of carboxylic acid groups (broad SMARTS) is 1. The smallest absolute Gasteiger partial charge is 0.407 e. The first-order valence-corrected chi connectivity index (χ1v) is 7.36. The summed E-state index contributed by atoms with van der Waals surface area (Å²) >= 11 is 0. The van der Waals surface area contributed by atoms with E-state index < -0.39 is 11.7 Å². The van der Waals surface area contributed by atoms with Crippen LogP contribution >= 0.6 is 0 Å². The highest BCUT2D eigenvalue weighted by molar-refractivity contribution is 5.65. The molecule has 0 saturated carbocycles. The minimum absolute atomic E-state index is 0.195. The number of carbonyl (C=O) groups is 1. The van der Waals surface area contributed by atoms with Gasteiger partial charge in [0, 0.05) is 25.6 Å². The molecule has 1 aromatic carbocycles. The van der Waals surface area contributed by atoms with Gasteiger partial charge >= 0.3 is 6.09 Å². The summed E-state index contributed by atoms with van der Waals surface area (Å²) in [6, 6.07) is 7.39. The van der Waals surface area contributed by atoms with Crippen LogP contribution in [0.5, 0.6) is 5.75 Å². The highest BCUT2D eigenvalue weighted by atomic mass is 16.5. The van der Waals surface area contributed by atoms with Crippen LogP contribution in [0, 0.1) is 5.92 Å². The molecule has 1 aromatic rings. The summed E-state index contributed by atoms with van der Waals surface area (Å²) in [5.74, 6) is 0.495. The van der Waals surface area contributed by atoms with E-state index >= 15 is 0 Å². The van der Waals surface area contributed by atoms with Gasteiger partial charge in [0.25, 0.3) is 0 Å². The lowest BCUT2D eigenvalue weighted by atomic mass is 9.75. The number of hydrogen-bond acceptors (Lipinski definition) is 4. The minimum atomic E-state index is -1.05. The second-order valence-corrected chi connectivity index (χ2v) is 6.09. The second kappa shape index (κ2) is 6.54. The standard InChI is InChI=1S/C16H24N2O4/c1-17(2)10-13-11-18(15(19)20)8-7-16(13,21)12-5-4-6-14(9-12)22-3/h4-6,9,13,21H,7-8,10-11H2,1-3H3,(H,19,20)/t13-,16-/m0/s1. The number of benzene rings is 1. The maximum absolute atomic E-state index is 11.3.